The van der Waals surface area contributed by atoms with Crippen molar-refractivity contribution in [3.8, 4) is 5.75 Å². The van der Waals surface area contributed by atoms with Crippen molar-refractivity contribution in [3.63, 3.8) is 0 Å². The predicted molar refractivity (Wildman–Crippen MR) is 123 cm³/mol. The molecular weight excluding hydrogens is 434 g/mol. The number of piperidine rings is 2. The number of ether oxygens (including phenoxy) is 2. The molecule has 1 spiro atoms. The molecule has 1 aromatic rings. The molecular formula is C26H33N3O5. The van der Waals surface area contributed by atoms with E-state index in [2.05, 4.69) is 10.2 Å². The zero-order valence-electron chi connectivity index (χ0n) is 19.6. The van der Waals surface area contributed by atoms with Gasteiger partial charge in [0.2, 0.25) is 11.8 Å². The fourth-order valence-corrected chi connectivity index (χ4v) is 6.44. The lowest BCUT2D eigenvalue weighted by atomic mass is 9.76. The number of carbonyl (C=O) groups excluding carboxylic acids is 3. The zero-order chi connectivity index (χ0) is 23.3. The van der Waals surface area contributed by atoms with Crippen molar-refractivity contribution in [2.45, 2.75) is 76.1 Å². The van der Waals surface area contributed by atoms with Crippen LogP contribution in [0.25, 0.3) is 0 Å². The first-order valence-corrected chi connectivity index (χ1v) is 12.8. The highest BCUT2D eigenvalue weighted by molar-refractivity contribution is 6.05. The molecule has 3 atom stereocenters. The molecule has 1 saturated carbocycles. The number of nitrogens with one attached hydrogen (secondary N) is 1. The maximum atomic E-state index is 13.0. The van der Waals surface area contributed by atoms with Gasteiger partial charge in [0.15, 0.2) is 0 Å². The van der Waals surface area contributed by atoms with Crippen LogP contribution >= 0.6 is 0 Å². The van der Waals surface area contributed by atoms with Crippen LogP contribution in [-0.2, 0) is 20.9 Å². The van der Waals surface area contributed by atoms with Gasteiger partial charge in [-0.2, -0.15) is 0 Å². The van der Waals surface area contributed by atoms with E-state index >= 15 is 0 Å². The van der Waals surface area contributed by atoms with Crippen molar-refractivity contribution >= 4 is 17.7 Å². The molecule has 8 heteroatoms. The number of imide groups is 1. The largest absolute Gasteiger partial charge is 0.489 e. The summed E-state index contributed by atoms with van der Waals surface area (Å²) in [7, 11) is 0. The van der Waals surface area contributed by atoms with Crippen LogP contribution < -0.4 is 10.1 Å². The Morgan fingerprint density at radius 1 is 1.03 bits per heavy atom. The molecule has 8 nitrogen and oxygen atoms in total. The molecule has 4 aliphatic heterocycles. The lowest BCUT2D eigenvalue weighted by Crippen LogP contribution is -2.56. The minimum Gasteiger partial charge on any atom is -0.489 e. The van der Waals surface area contributed by atoms with Crippen LogP contribution in [0.1, 0.15) is 67.3 Å². The molecule has 0 bridgehead atoms. The molecule has 6 rings (SSSR count). The van der Waals surface area contributed by atoms with E-state index in [0.29, 0.717) is 30.0 Å². The molecule has 1 aromatic carbocycles. The topological polar surface area (TPSA) is 88.2 Å². The van der Waals surface area contributed by atoms with Crippen LogP contribution in [0, 0.1) is 5.41 Å². The third-order valence-corrected chi connectivity index (χ3v) is 8.59. The average molecular weight is 468 g/mol. The van der Waals surface area contributed by atoms with Gasteiger partial charge in [0, 0.05) is 30.0 Å². The summed E-state index contributed by atoms with van der Waals surface area (Å²) in [6.07, 6.45) is 7.87. The lowest BCUT2D eigenvalue weighted by molar-refractivity contribution is -0.146. The smallest absolute Gasteiger partial charge is 0.255 e. The van der Waals surface area contributed by atoms with E-state index < -0.39 is 6.04 Å². The number of hydrogen-bond acceptors (Lipinski definition) is 6. The number of amides is 3. The Labute approximate surface area is 199 Å². The highest BCUT2D eigenvalue weighted by Crippen LogP contribution is 2.40. The molecule has 5 aliphatic rings. The second kappa shape index (κ2) is 8.64. The Morgan fingerprint density at radius 2 is 1.82 bits per heavy atom. The predicted octanol–water partition coefficient (Wildman–Crippen LogP) is 2.25. The van der Waals surface area contributed by atoms with E-state index in [4.69, 9.17) is 9.47 Å². The van der Waals surface area contributed by atoms with Gasteiger partial charge >= 0.3 is 0 Å². The van der Waals surface area contributed by atoms with Gasteiger partial charge in [-0.05, 0) is 75.4 Å². The summed E-state index contributed by atoms with van der Waals surface area (Å²) >= 11 is 0. The highest BCUT2D eigenvalue weighted by Gasteiger charge is 2.44. The van der Waals surface area contributed by atoms with Gasteiger partial charge in [-0.3, -0.25) is 24.6 Å². The monoisotopic (exact) mass is 467 g/mol. The summed E-state index contributed by atoms with van der Waals surface area (Å²) in [5, 5.41) is 2.36. The van der Waals surface area contributed by atoms with Crippen molar-refractivity contribution < 1.29 is 23.9 Å². The van der Waals surface area contributed by atoms with Crippen molar-refractivity contribution in [2.75, 3.05) is 26.3 Å². The first-order chi connectivity index (χ1) is 16.5. The molecule has 34 heavy (non-hydrogen) atoms. The molecule has 1 aliphatic carbocycles. The number of carbonyl (C=O) groups is 3. The van der Waals surface area contributed by atoms with E-state index in [9.17, 15) is 14.4 Å². The number of likely N-dealkylation sites (tertiary alicyclic amines) is 1. The Balaban J connectivity index is 1.13. The third kappa shape index (κ3) is 3.90. The number of fused-ring (bicyclic) bond motifs is 1. The highest BCUT2D eigenvalue weighted by atomic mass is 16.5. The minimum absolute atomic E-state index is 0.145. The van der Waals surface area contributed by atoms with Gasteiger partial charge in [0.1, 0.15) is 17.9 Å². The van der Waals surface area contributed by atoms with Crippen LogP contribution in [0.15, 0.2) is 18.2 Å². The fraction of sp³-hybridized carbons (Fsp3) is 0.654. The van der Waals surface area contributed by atoms with Crippen LogP contribution in [0.4, 0.5) is 0 Å². The average Bonchev–Trinajstić information content (AvgIpc) is 3.14. The molecule has 0 aromatic heterocycles. The molecule has 3 saturated heterocycles. The Morgan fingerprint density at radius 3 is 2.56 bits per heavy atom. The normalized spacial score (nSPS) is 31.2. The fourth-order valence-electron chi connectivity index (χ4n) is 6.44. The number of benzene rings is 1. The van der Waals surface area contributed by atoms with Crippen LogP contribution in [0.2, 0.25) is 0 Å². The molecule has 1 unspecified atom stereocenters. The number of hydrogen-bond donors (Lipinski definition) is 1. The summed E-state index contributed by atoms with van der Waals surface area (Å²) in [4.78, 5) is 41.0. The van der Waals surface area contributed by atoms with E-state index in [1.54, 1.807) is 4.90 Å². The van der Waals surface area contributed by atoms with Gasteiger partial charge in [-0.25, -0.2) is 0 Å². The van der Waals surface area contributed by atoms with E-state index in [-0.39, 0.29) is 30.2 Å². The molecule has 3 amide bonds. The summed E-state index contributed by atoms with van der Waals surface area (Å²) in [5.74, 6) is 0.00647. The Bertz CT molecular complexity index is 996. The standard InChI is InChI=1S/C26H33N3O5/c30-23-8-7-21(24(31)27-23)29-14-17-13-18(5-6-19(17)25(29)32)34-22-4-2-1-3-20(22)28-11-9-26(10-12-28)15-33-16-26/h5-6,13,20-22H,1-4,7-12,14-16H2,(H,27,30,31)/t20-,21?,22+/m0/s1. The molecule has 0 radical (unpaired) electrons. The van der Waals surface area contributed by atoms with E-state index in [1.807, 2.05) is 18.2 Å². The number of nitrogens with zero attached hydrogens (tertiary/aromatic N) is 2. The molecule has 182 valence electrons. The van der Waals surface area contributed by atoms with Crippen LogP contribution in [0.3, 0.4) is 0 Å². The molecule has 4 fully saturated rings. The maximum absolute atomic E-state index is 13.0. The van der Waals surface area contributed by atoms with Gasteiger partial charge in [-0.15, -0.1) is 0 Å². The third-order valence-electron chi connectivity index (χ3n) is 8.59. The summed E-state index contributed by atoms with van der Waals surface area (Å²) in [6, 6.07) is 5.54. The SMILES string of the molecule is O=C1CCC(N2Cc3cc(O[C@@H]4CCCC[C@@H]4N4CCC5(CC4)COC5)ccc3C2=O)C(=O)N1. The van der Waals surface area contributed by atoms with Crippen molar-refractivity contribution in [1.29, 1.82) is 0 Å². The second-order valence-electron chi connectivity index (χ2n) is 10.8. The number of rotatable bonds is 4. The van der Waals surface area contributed by atoms with E-state index in [1.165, 1.54) is 32.1 Å². The van der Waals surface area contributed by atoms with Crippen molar-refractivity contribution in [2.24, 2.45) is 5.41 Å². The van der Waals surface area contributed by atoms with Crippen LogP contribution in [-0.4, -0.2) is 72.0 Å². The Kier molecular flexibility index (Phi) is 5.60. The summed E-state index contributed by atoms with van der Waals surface area (Å²) in [6.45, 7) is 4.47. The summed E-state index contributed by atoms with van der Waals surface area (Å²) in [5.41, 5.74) is 1.95. The van der Waals surface area contributed by atoms with Crippen molar-refractivity contribution in [1.82, 2.24) is 15.1 Å². The first-order valence-electron chi connectivity index (χ1n) is 12.8. The van der Waals surface area contributed by atoms with Crippen LogP contribution in [0.5, 0.6) is 5.75 Å². The quantitative estimate of drug-likeness (QED) is 0.684. The first kappa shape index (κ1) is 22.0. The Hall–Kier alpha value is -2.45. The van der Waals surface area contributed by atoms with Gasteiger partial charge < -0.3 is 14.4 Å². The maximum Gasteiger partial charge on any atom is 0.255 e. The lowest BCUT2D eigenvalue weighted by Gasteiger charge is -2.50. The van der Waals surface area contributed by atoms with Gasteiger partial charge in [-0.1, -0.05) is 6.42 Å². The molecule has 4 heterocycles. The van der Waals surface area contributed by atoms with Crippen molar-refractivity contribution in [3.05, 3.63) is 29.3 Å². The van der Waals surface area contributed by atoms with Gasteiger partial charge in [0.25, 0.3) is 5.91 Å². The second-order valence-corrected chi connectivity index (χ2v) is 10.8. The molecule has 1 N–H and O–H groups in total. The summed E-state index contributed by atoms with van der Waals surface area (Å²) < 4.78 is 12.1. The zero-order valence-corrected chi connectivity index (χ0v) is 19.6. The van der Waals surface area contributed by atoms with Gasteiger partial charge in [0.05, 0.1) is 13.2 Å². The minimum atomic E-state index is -0.590. The van der Waals surface area contributed by atoms with E-state index in [0.717, 1.165) is 44.0 Å².